The predicted molar refractivity (Wildman–Crippen MR) is 177 cm³/mol. The zero-order valence-electron chi connectivity index (χ0n) is 27.6. The summed E-state index contributed by atoms with van der Waals surface area (Å²) < 4.78 is 61.3. The van der Waals surface area contributed by atoms with Crippen molar-refractivity contribution in [2.45, 2.75) is 50.9 Å². The second-order valence-corrected chi connectivity index (χ2v) is 12.1. The summed E-state index contributed by atoms with van der Waals surface area (Å²) in [5.74, 6) is -3.83. The number of rotatable bonds is 9. The number of likely N-dealkylation sites (N-methyl/N-ethyl adjacent to an activating group) is 1. The van der Waals surface area contributed by atoms with Crippen molar-refractivity contribution in [1.82, 2.24) is 20.4 Å². The number of hydrogen-bond acceptors (Lipinski definition) is 6. The summed E-state index contributed by atoms with van der Waals surface area (Å²) in [6.07, 6.45) is -3.36. The van der Waals surface area contributed by atoms with E-state index in [-0.39, 0.29) is 24.2 Å². The van der Waals surface area contributed by atoms with Crippen molar-refractivity contribution in [2.24, 2.45) is 0 Å². The van der Waals surface area contributed by atoms with Gasteiger partial charge in [-0.15, -0.1) is 0 Å². The van der Waals surface area contributed by atoms with E-state index in [4.69, 9.17) is 9.84 Å². The lowest BCUT2D eigenvalue weighted by molar-refractivity contribution is -0.138. The first-order valence-electron chi connectivity index (χ1n) is 16.2. The number of aromatic nitrogens is 2. The van der Waals surface area contributed by atoms with E-state index in [1.165, 1.54) is 42.3 Å². The molecular formula is C37H33F4N5O5. The average Bonchev–Trinajstić information content (AvgIpc) is 3.77. The molecule has 14 heteroatoms. The number of carbonyl (C=O) groups excluding carboxylic acids is 4. The highest BCUT2D eigenvalue weighted by Crippen LogP contribution is 2.44. The highest BCUT2D eigenvalue weighted by Gasteiger charge is 2.46. The first kappa shape index (κ1) is 35.1. The van der Waals surface area contributed by atoms with E-state index in [0.29, 0.717) is 59.2 Å². The van der Waals surface area contributed by atoms with Crippen LogP contribution < -0.4 is 15.5 Å². The van der Waals surface area contributed by atoms with Gasteiger partial charge in [-0.25, -0.2) is 13.9 Å². The van der Waals surface area contributed by atoms with E-state index in [9.17, 15) is 36.7 Å². The van der Waals surface area contributed by atoms with Gasteiger partial charge in [0.2, 0.25) is 5.91 Å². The molecule has 2 atom stereocenters. The van der Waals surface area contributed by atoms with Gasteiger partial charge in [-0.2, -0.15) is 18.3 Å². The molecule has 6 rings (SSSR count). The molecular weight excluding hydrogens is 670 g/mol. The first-order valence-corrected chi connectivity index (χ1v) is 16.2. The quantitative estimate of drug-likeness (QED) is 0.173. The van der Waals surface area contributed by atoms with Gasteiger partial charge in [0.25, 0.3) is 11.8 Å². The van der Waals surface area contributed by atoms with Crippen molar-refractivity contribution in [2.75, 3.05) is 18.6 Å². The van der Waals surface area contributed by atoms with Crippen LogP contribution in [0.3, 0.4) is 0 Å². The fourth-order valence-electron chi connectivity index (χ4n) is 6.66. The molecule has 0 saturated heterocycles. The van der Waals surface area contributed by atoms with Crippen LogP contribution in [0.4, 0.5) is 23.4 Å². The Labute approximate surface area is 290 Å². The number of hydrogen-bond donors (Lipinski definition) is 2. The lowest BCUT2D eigenvalue weighted by Gasteiger charge is -2.38. The molecule has 2 N–H and O–H groups in total. The number of para-hydroxylation sites is 1. The Hall–Kier alpha value is -5.79. The maximum Gasteiger partial charge on any atom is 0.416 e. The molecule has 51 heavy (non-hydrogen) atoms. The fraction of sp³-hybridized carbons (Fsp3) is 0.270. The third kappa shape index (κ3) is 6.85. The maximum atomic E-state index is 14.4. The maximum absolute atomic E-state index is 14.4. The Morgan fingerprint density at radius 1 is 0.941 bits per heavy atom. The SMILES string of the molecule is CCN1C(=O)[C@@H](NC(=O)c2cccc(C(F)(F)F)c2)[C@H](c2ccc(F)cc2)c2c(CNC(=O)C3=C(C(=O)OC)CCC3)nn(-c3ccccc3)c21. The van der Waals surface area contributed by atoms with Crippen LogP contribution in [0.1, 0.15) is 64.8 Å². The molecule has 3 aromatic carbocycles. The van der Waals surface area contributed by atoms with Crippen molar-refractivity contribution in [3.05, 3.63) is 124 Å². The molecule has 4 aromatic rings. The summed E-state index contributed by atoms with van der Waals surface area (Å²) in [4.78, 5) is 55.3. The number of nitrogens with one attached hydrogen (secondary N) is 2. The van der Waals surface area contributed by atoms with Crippen LogP contribution in [-0.4, -0.2) is 53.2 Å². The first-order chi connectivity index (χ1) is 24.4. The van der Waals surface area contributed by atoms with Crippen molar-refractivity contribution >= 4 is 29.5 Å². The number of amides is 3. The number of halogens is 4. The number of esters is 1. The third-order valence-corrected chi connectivity index (χ3v) is 9.03. The number of nitrogens with zero attached hydrogens (tertiary/aromatic N) is 3. The number of carbonyl (C=O) groups is 4. The fourth-order valence-corrected chi connectivity index (χ4v) is 6.66. The predicted octanol–water partition coefficient (Wildman–Crippen LogP) is 5.60. The van der Waals surface area contributed by atoms with Crippen molar-refractivity contribution in [1.29, 1.82) is 0 Å². The van der Waals surface area contributed by atoms with Gasteiger partial charge in [0.15, 0.2) is 0 Å². The molecule has 10 nitrogen and oxygen atoms in total. The zero-order valence-corrected chi connectivity index (χ0v) is 27.6. The average molecular weight is 704 g/mol. The molecule has 0 saturated carbocycles. The van der Waals surface area contributed by atoms with Crippen LogP contribution in [0.2, 0.25) is 0 Å². The Kier molecular flexibility index (Phi) is 9.77. The topological polar surface area (TPSA) is 123 Å². The number of anilines is 1. The molecule has 0 radical (unpaired) electrons. The second-order valence-electron chi connectivity index (χ2n) is 12.1. The Morgan fingerprint density at radius 3 is 2.31 bits per heavy atom. The smallest absolute Gasteiger partial charge is 0.416 e. The van der Waals surface area contributed by atoms with E-state index < -0.39 is 53.2 Å². The van der Waals surface area contributed by atoms with Crippen molar-refractivity contribution in [3.63, 3.8) is 0 Å². The van der Waals surface area contributed by atoms with E-state index in [2.05, 4.69) is 10.6 Å². The Balaban J connectivity index is 1.49. The molecule has 0 bridgehead atoms. The standard InChI is InChI=1S/C37H33F4N5O5/c1-3-45-34-30(28(44-46(34)25-11-5-4-6-12-25)20-42-33(48)26-13-8-14-27(26)36(50)51-2)29(21-15-17-24(38)18-16-21)31(35(45)49)43-32(47)22-9-7-10-23(19-22)37(39,40)41/h4-7,9-12,15-19,29,31H,3,8,13-14,20H2,1-2H3,(H,42,48)(H,43,47)/t29-,31+/m1/s1. The largest absolute Gasteiger partial charge is 0.466 e. The summed E-state index contributed by atoms with van der Waals surface area (Å²) in [7, 11) is 1.24. The van der Waals surface area contributed by atoms with Gasteiger partial charge in [0, 0.05) is 34.7 Å². The summed E-state index contributed by atoms with van der Waals surface area (Å²) in [5.41, 5.74) is 0.946. The molecule has 0 fully saturated rings. The molecule has 1 aromatic heterocycles. The molecule has 1 aliphatic heterocycles. The molecule has 1 aliphatic carbocycles. The number of fused-ring (bicyclic) bond motifs is 1. The second kappa shape index (κ2) is 14.2. The van der Waals surface area contributed by atoms with E-state index in [1.54, 1.807) is 41.9 Å². The third-order valence-electron chi connectivity index (χ3n) is 9.03. The minimum atomic E-state index is -4.71. The van der Waals surface area contributed by atoms with E-state index in [1.807, 2.05) is 0 Å². The van der Waals surface area contributed by atoms with Gasteiger partial charge in [0.1, 0.15) is 17.7 Å². The Bertz CT molecular complexity index is 2020. The van der Waals surface area contributed by atoms with Gasteiger partial charge in [-0.05, 0) is 74.2 Å². The van der Waals surface area contributed by atoms with Crippen LogP contribution in [0.25, 0.3) is 5.69 Å². The highest BCUT2D eigenvalue weighted by atomic mass is 19.4. The lowest BCUT2D eigenvalue weighted by Crippen LogP contribution is -2.55. The highest BCUT2D eigenvalue weighted by molar-refractivity contribution is 6.06. The van der Waals surface area contributed by atoms with Crippen LogP contribution in [0, 0.1) is 5.82 Å². The van der Waals surface area contributed by atoms with Crippen LogP contribution in [0.15, 0.2) is 90.0 Å². The summed E-state index contributed by atoms with van der Waals surface area (Å²) >= 11 is 0. The molecule has 0 spiro atoms. The van der Waals surface area contributed by atoms with Gasteiger partial charge >= 0.3 is 12.1 Å². The zero-order chi connectivity index (χ0) is 36.4. The monoisotopic (exact) mass is 703 g/mol. The van der Waals surface area contributed by atoms with Crippen molar-refractivity contribution in [3.8, 4) is 5.69 Å². The van der Waals surface area contributed by atoms with Crippen LogP contribution in [-0.2, 0) is 31.8 Å². The minimum Gasteiger partial charge on any atom is -0.466 e. The number of benzene rings is 3. The molecule has 3 amide bonds. The van der Waals surface area contributed by atoms with Gasteiger partial charge in [-0.3, -0.25) is 19.3 Å². The van der Waals surface area contributed by atoms with Crippen molar-refractivity contribution < 1.29 is 41.5 Å². The Morgan fingerprint density at radius 2 is 1.65 bits per heavy atom. The summed E-state index contributed by atoms with van der Waals surface area (Å²) in [6.45, 7) is 1.66. The normalized spacial score (nSPS) is 17.3. The number of methoxy groups -OCH3 is 1. The number of alkyl halides is 3. The number of ether oxygens (including phenoxy) is 1. The van der Waals surface area contributed by atoms with Crippen LogP contribution >= 0.6 is 0 Å². The molecule has 2 heterocycles. The molecule has 0 unspecified atom stereocenters. The summed E-state index contributed by atoms with van der Waals surface area (Å²) in [5, 5.41) is 10.4. The molecule has 2 aliphatic rings. The summed E-state index contributed by atoms with van der Waals surface area (Å²) in [6, 6.07) is 16.7. The van der Waals surface area contributed by atoms with Gasteiger partial charge in [-0.1, -0.05) is 36.4 Å². The van der Waals surface area contributed by atoms with E-state index in [0.717, 1.165) is 12.1 Å². The van der Waals surface area contributed by atoms with Gasteiger partial charge in [0.05, 0.1) is 30.6 Å². The molecule has 264 valence electrons. The minimum absolute atomic E-state index is 0.109. The van der Waals surface area contributed by atoms with Gasteiger partial charge < -0.3 is 15.4 Å². The lowest BCUT2D eigenvalue weighted by atomic mass is 9.80. The van der Waals surface area contributed by atoms with Crippen LogP contribution in [0.5, 0.6) is 0 Å². The van der Waals surface area contributed by atoms with E-state index >= 15 is 0 Å².